The number of allylic oxidation sites excluding steroid dienone is 6. The maximum atomic E-state index is 5.98. The highest BCUT2D eigenvalue weighted by atomic mass is 14.6. The molecule has 3 aromatic rings. The van der Waals surface area contributed by atoms with Crippen molar-refractivity contribution in [3.63, 3.8) is 0 Å². The van der Waals surface area contributed by atoms with Gasteiger partial charge < -0.3 is 5.73 Å². The molecule has 0 bridgehead atoms. The number of benzene rings is 2. The van der Waals surface area contributed by atoms with Gasteiger partial charge in [-0.3, -0.25) is 4.98 Å². The van der Waals surface area contributed by atoms with E-state index in [9.17, 15) is 0 Å². The number of rotatable bonds is 6. The maximum Gasteiger partial charge on any atom is 0.0774 e. The summed E-state index contributed by atoms with van der Waals surface area (Å²) in [4.78, 5) is 4.50. The average Bonchev–Trinajstić information content (AvgIpc) is 2.70. The van der Waals surface area contributed by atoms with Gasteiger partial charge in [0.2, 0.25) is 0 Å². The van der Waals surface area contributed by atoms with Crippen molar-refractivity contribution < 1.29 is 0 Å². The molecule has 2 heteroatoms. The Morgan fingerprint density at radius 3 is 2.56 bits per heavy atom. The molecule has 0 aliphatic rings. The SMILES string of the molecule is C=C/C(=C\C=C\c1cccc2cccnc12)C(/C=C(/C)N)c1ccccc1. The number of fused-ring (bicyclic) bond motifs is 1. The molecular formula is C25H24N2. The van der Waals surface area contributed by atoms with Crippen molar-refractivity contribution in [2.75, 3.05) is 0 Å². The molecule has 1 aromatic heterocycles. The molecule has 0 saturated carbocycles. The van der Waals surface area contributed by atoms with Gasteiger partial charge in [-0.2, -0.15) is 0 Å². The Bertz CT molecular complexity index is 1000. The molecule has 1 heterocycles. The van der Waals surface area contributed by atoms with Crippen LogP contribution in [0.15, 0.2) is 109 Å². The fourth-order valence-corrected chi connectivity index (χ4v) is 3.13. The number of hydrogen-bond acceptors (Lipinski definition) is 2. The first kappa shape index (κ1) is 18.4. The Morgan fingerprint density at radius 1 is 1.04 bits per heavy atom. The van der Waals surface area contributed by atoms with Gasteiger partial charge in [0.05, 0.1) is 5.52 Å². The average molecular weight is 352 g/mol. The van der Waals surface area contributed by atoms with Crippen LogP contribution in [0.2, 0.25) is 0 Å². The van der Waals surface area contributed by atoms with Gasteiger partial charge in [0.1, 0.15) is 0 Å². The van der Waals surface area contributed by atoms with Crippen molar-refractivity contribution in [2.24, 2.45) is 5.73 Å². The summed E-state index contributed by atoms with van der Waals surface area (Å²) in [5.74, 6) is 0.0731. The van der Waals surface area contributed by atoms with Crippen LogP contribution < -0.4 is 5.73 Å². The highest BCUT2D eigenvalue weighted by molar-refractivity contribution is 5.87. The number of para-hydroxylation sites is 1. The second kappa shape index (κ2) is 8.81. The molecule has 134 valence electrons. The molecule has 2 aromatic carbocycles. The van der Waals surface area contributed by atoms with Crippen LogP contribution in [0.25, 0.3) is 17.0 Å². The molecule has 0 spiro atoms. The van der Waals surface area contributed by atoms with Crippen LogP contribution in [0, 0.1) is 0 Å². The van der Waals surface area contributed by atoms with E-state index in [1.54, 1.807) is 0 Å². The molecular weight excluding hydrogens is 328 g/mol. The first-order chi connectivity index (χ1) is 13.2. The maximum absolute atomic E-state index is 5.98. The van der Waals surface area contributed by atoms with Gasteiger partial charge in [-0.25, -0.2) is 0 Å². The molecule has 2 N–H and O–H groups in total. The third-order valence-electron chi connectivity index (χ3n) is 4.41. The third-order valence-corrected chi connectivity index (χ3v) is 4.41. The third kappa shape index (κ3) is 4.62. The Morgan fingerprint density at radius 2 is 1.81 bits per heavy atom. The summed E-state index contributed by atoms with van der Waals surface area (Å²) >= 11 is 0. The predicted octanol–water partition coefficient (Wildman–Crippen LogP) is 6.01. The van der Waals surface area contributed by atoms with Crippen molar-refractivity contribution >= 4 is 17.0 Å². The molecule has 0 aliphatic carbocycles. The number of nitrogens with zero attached hydrogens (tertiary/aromatic N) is 1. The summed E-state index contributed by atoms with van der Waals surface area (Å²) in [5, 5.41) is 1.14. The minimum absolute atomic E-state index is 0.0731. The van der Waals surface area contributed by atoms with E-state index in [0.717, 1.165) is 27.7 Å². The van der Waals surface area contributed by atoms with Gasteiger partial charge in [0.25, 0.3) is 0 Å². The van der Waals surface area contributed by atoms with E-state index < -0.39 is 0 Å². The Labute approximate surface area is 161 Å². The number of hydrogen-bond donors (Lipinski definition) is 1. The quantitative estimate of drug-likeness (QED) is 0.552. The van der Waals surface area contributed by atoms with E-state index >= 15 is 0 Å². The lowest BCUT2D eigenvalue weighted by Gasteiger charge is -2.15. The lowest BCUT2D eigenvalue weighted by Crippen LogP contribution is -2.02. The van der Waals surface area contributed by atoms with Crippen molar-refractivity contribution in [1.82, 2.24) is 4.98 Å². The highest BCUT2D eigenvalue weighted by Crippen LogP contribution is 2.27. The number of aromatic nitrogens is 1. The van der Waals surface area contributed by atoms with Crippen molar-refractivity contribution in [3.8, 4) is 0 Å². The Kier molecular flexibility index (Phi) is 6.01. The molecule has 0 fully saturated rings. The topological polar surface area (TPSA) is 38.9 Å². The summed E-state index contributed by atoms with van der Waals surface area (Å²) in [6.07, 6.45) is 12.0. The van der Waals surface area contributed by atoms with Gasteiger partial charge in [-0.15, -0.1) is 0 Å². The van der Waals surface area contributed by atoms with Gasteiger partial charge >= 0.3 is 0 Å². The first-order valence-corrected chi connectivity index (χ1v) is 9.02. The summed E-state index contributed by atoms with van der Waals surface area (Å²) in [5.41, 5.74) is 11.1. The molecule has 1 unspecified atom stereocenters. The standard InChI is InChI=1S/C25H24N2/c1-3-20(24(18-19(2)26)21-10-5-4-6-11-21)12-7-13-22-14-8-15-23-16-9-17-27-25(22)23/h3-18,24H,1,26H2,2H3/b13-7+,19-18-,20-12+. The van der Waals surface area contributed by atoms with Crippen LogP contribution in [0.5, 0.6) is 0 Å². The fourth-order valence-electron chi connectivity index (χ4n) is 3.13. The molecule has 1 atom stereocenters. The molecule has 0 amide bonds. The van der Waals surface area contributed by atoms with E-state index in [1.165, 1.54) is 5.56 Å². The second-order valence-electron chi connectivity index (χ2n) is 6.45. The normalized spacial score (nSPS) is 13.8. The van der Waals surface area contributed by atoms with Crippen LogP contribution in [-0.4, -0.2) is 4.98 Å². The number of nitrogens with two attached hydrogens (primary N) is 1. The Hall–Kier alpha value is -3.39. The molecule has 0 aliphatic heterocycles. The summed E-state index contributed by atoms with van der Waals surface area (Å²) in [6.45, 7) is 5.92. The zero-order valence-corrected chi connectivity index (χ0v) is 15.5. The minimum atomic E-state index is 0.0731. The van der Waals surface area contributed by atoms with Crippen LogP contribution >= 0.6 is 0 Å². The lowest BCUT2D eigenvalue weighted by molar-refractivity contribution is 1.00. The van der Waals surface area contributed by atoms with E-state index in [4.69, 9.17) is 5.73 Å². The zero-order chi connectivity index (χ0) is 19.1. The van der Waals surface area contributed by atoms with E-state index in [1.807, 2.05) is 43.5 Å². The highest BCUT2D eigenvalue weighted by Gasteiger charge is 2.11. The van der Waals surface area contributed by atoms with Crippen LogP contribution in [0.4, 0.5) is 0 Å². The van der Waals surface area contributed by atoms with Gasteiger partial charge in [-0.05, 0) is 24.1 Å². The molecule has 2 nitrogen and oxygen atoms in total. The van der Waals surface area contributed by atoms with Gasteiger partial charge in [-0.1, -0.05) is 91.6 Å². The van der Waals surface area contributed by atoms with Gasteiger partial charge in [0.15, 0.2) is 0 Å². The van der Waals surface area contributed by atoms with Gasteiger partial charge in [0, 0.05) is 28.8 Å². The predicted molar refractivity (Wildman–Crippen MR) is 116 cm³/mol. The lowest BCUT2D eigenvalue weighted by atomic mass is 9.89. The van der Waals surface area contributed by atoms with Crippen molar-refractivity contribution in [3.05, 3.63) is 120 Å². The first-order valence-electron chi connectivity index (χ1n) is 9.02. The van der Waals surface area contributed by atoms with E-state index in [-0.39, 0.29) is 5.92 Å². The largest absolute Gasteiger partial charge is 0.402 e. The molecule has 0 radical (unpaired) electrons. The number of pyridine rings is 1. The Balaban J connectivity index is 1.95. The van der Waals surface area contributed by atoms with Crippen LogP contribution in [-0.2, 0) is 0 Å². The van der Waals surface area contributed by atoms with E-state index in [2.05, 4.69) is 72.3 Å². The minimum Gasteiger partial charge on any atom is -0.402 e. The molecule has 0 saturated heterocycles. The fraction of sp³-hybridized carbons (Fsp3) is 0.0800. The van der Waals surface area contributed by atoms with Crippen molar-refractivity contribution in [2.45, 2.75) is 12.8 Å². The summed E-state index contributed by atoms with van der Waals surface area (Å²) in [6, 6.07) is 20.6. The van der Waals surface area contributed by atoms with Crippen LogP contribution in [0.1, 0.15) is 24.0 Å². The second-order valence-corrected chi connectivity index (χ2v) is 6.45. The van der Waals surface area contributed by atoms with Crippen LogP contribution in [0.3, 0.4) is 0 Å². The van der Waals surface area contributed by atoms with E-state index in [0.29, 0.717) is 0 Å². The zero-order valence-electron chi connectivity index (χ0n) is 15.5. The molecule has 27 heavy (non-hydrogen) atoms. The summed E-state index contributed by atoms with van der Waals surface area (Å²) in [7, 11) is 0. The van der Waals surface area contributed by atoms with Crippen molar-refractivity contribution in [1.29, 1.82) is 0 Å². The molecule has 3 rings (SSSR count). The summed E-state index contributed by atoms with van der Waals surface area (Å²) < 4.78 is 0. The monoisotopic (exact) mass is 352 g/mol. The smallest absolute Gasteiger partial charge is 0.0774 e.